The van der Waals surface area contributed by atoms with Crippen molar-refractivity contribution in [1.29, 1.82) is 0 Å². The van der Waals surface area contributed by atoms with Crippen LogP contribution in [0.15, 0.2) is 0 Å². The SMILES string of the molecule is CN[C@@H]1[C@@H](O)[C@@H](O[C@@H]2[C@@H](O)[C@H](O[C@H]3OC([C@@H](C)NC)CC[C@H]3N)[C@@H](N)C[C@H]2N)OC[C@]1(C)O. The van der Waals surface area contributed by atoms with Crippen molar-refractivity contribution in [3.8, 4) is 0 Å². The Balaban J connectivity index is 1.68. The van der Waals surface area contributed by atoms with Gasteiger partial charge in [-0.1, -0.05) is 0 Å². The molecule has 1 saturated carbocycles. The predicted octanol–water partition coefficient (Wildman–Crippen LogP) is -3.33. The van der Waals surface area contributed by atoms with E-state index in [0.717, 1.165) is 6.42 Å². The van der Waals surface area contributed by atoms with Gasteiger partial charge < -0.3 is 62.1 Å². The fourth-order valence-corrected chi connectivity index (χ4v) is 5.04. The van der Waals surface area contributed by atoms with E-state index in [9.17, 15) is 15.3 Å². The molecule has 0 spiro atoms. The van der Waals surface area contributed by atoms with Gasteiger partial charge in [0.25, 0.3) is 0 Å². The van der Waals surface area contributed by atoms with Gasteiger partial charge in [-0.15, -0.1) is 0 Å². The van der Waals surface area contributed by atoms with Crippen molar-refractivity contribution in [2.24, 2.45) is 17.2 Å². The number of nitrogens with two attached hydrogens (primary N) is 3. The van der Waals surface area contributed by atoms with Gasteiger partial charge in [-0.25, -0.2) is 0 Å². The molecule has 194 valence electrons. The summed E-state index contributed by atoms with van der Waals surface area (Å²) in [6, 6.07) is -2.11. The first kappa shape index (κ1) is 27.1. The van der Waals surface area contributed by atoms with E-state index in [0.29, 0.717) is 12.8 Å². The van der Waals surface area contributed by atoms with Gasteiger partial charge in [0, 0.05) is 18.1 Å². The normalized spacial score (nSPS) is 50.2. The summed E-state index contributed by atoms with van der Waals surface area (Å²) < 4.78 is 23.7. The molecule has 0 aromatic carbocycles. The third-order valence-corrected chi connectivity index (χ3v) is 7.24. The van der Waals surface area contributed by atoms with E-state index < -0.39 is 60.7 Å². The first-order valence-electron chi connectivity index (χ1n) is 11.8. The largest absolute Gasteiger partial charge is 0.388 e. The number of hydrogen-bond acceptors (Lipinski definition) is 12. The van der Waals surface area contributed by atoms with Gasteiger partial charge in [0.15, 0.2) is 12.6 Å². The Kier molecular flexibility index (Phi) is 9.09. The van der Waals surface area contributed by atoms with Crippen LogP contribution in [-0.2, 0) is 18.9 Å². The quantitative estimate of drug-likeness (QED) is 0.182. The van der Waals surface area contributed by atoms with Crippen LogP contribution in [0, 0.1) is 0 Å². The monoisotopic (exact) mass is 477 g/mol. The molecular formula is C21H43N5O7. The molecule has 1 unspecified atom stereocenters. The Bertz CT molecular complexity index is 632. The number of rotatable bonds is 7. The second-order valence-corrected chi connectivity index (χ2v) is 9.91. The molecular weight excluding hydrogens is 434 g/mol. The molecule has 3 fully saturated rings. The van der Waals surface area contributed by atoms with Gasteiger partial charge in [-0.3, -0.25) is 0 Å². The van der Waals surface area contributed by atoms with E-state index in [2.05, 4.69) is 10.6 Å². The molecule has 2 aliphatic heterocycles. The van der Waals surface area contributed by atoms with Crippen molar-refractivity contribution in [2.45, 2.75) is 112 Å². The number of likely N-dealkylation sites (N-methyl/N-ethyl adjacent to an activating group) is 2. The summed E-state index contributed by atoms with van der Waals surface area (Å²) >= 11 is 0. The highest BCUT2D eigenvalue weighted by atomic mass is 16.7. The molecule has 12 nitrogen and oxygen atoms in total. The molecule has 0 radical (unpaired) electrons. The maximum absolute atomic E-state index is 11.1. The smallest absolute Gasteiger partial charge is 0.185 e. The van der Waals surface area contributed by atoms with Crippen LogP contribution < -0.4 is 27.8 Å². The van der Waals surface area contributed by atoms with Crippen LogP contribution in [0.3, 0.4) is 0 Å². The summed E-state index contributed by atoms with van der Waals surface area (Å²) in [5.41, 5.74) is 17.5. The van der Waals surface area contributed by atoms with E-state index in [-0.39, 0.29) is 24.8 Å². The van der Waals surface area contributed by atoms with E-state index >= 15 is 0 Å². The summed E-state index contributed by atoms with van der Waals surface area (Å²) in [5.74, 6) is 0. The summed E-state index contributed by atoms with van der Waals surface area (Å²) in [6.45, 7) is 3.52. The van der Waals surface area contributed by atoms with Crippen LogP contribution in [0.1, 0.15) is 33.1 Å². The number of aliphatic hydroxyl groups excluding tert-OH is 2. The molecule has 0 aromatic rings. The Morgan fingerprint density at radius 1 is 0.970 bits per heavy atom. The highest BCUT2D eigenvalue weighted by molar-refractivity contribution is 5.02. The molecule has 11 N–H and O–H groups in total. The molecule has 13 atom stereocenters. The molecule has 3 aliphatic rings. The predicted molar refractivity (Wildman–Crippen MR) is 120 cm³/mol. The highest BCUT2D eigenvalue weighted by Crippen LogP contribution is 2.31. The Morgan fingerprint density at radius 2 is 1.58 bits per heavy atom. The van der Waals surface area contributed by atoms with Crippen molar-refractivity contribution in [3.63, 3.8) is 0 Å². The lowest BCUT2D eigenvalue weighted by atomic mass is 9.84. The van der Waals surface area contributed by atoms with Crippen molar-refractivity contribution >= 4 is 0 Å². The van der Waals surface area contributed by atoms with Crippen molar-refractivity contribution in [2.75, 3.05) is 20.7 Å². The summed E-state index contributed by atoms with van der Waals surface area (Å²) in [5, 5.41) is 38.3. The summed E-state index contributed by atoms with van der Waals surface area (Å²) in [4.78, 5) is 0. The second kappa shape index (κ2) is 11.1. The fourth-order valence-electron chi connectivity index (χ4n) is 5.04. The number of ether oxygens (including phenoxy) is 4. The van der Waals surface area contributed by atoms with E-state index in [1.165, 1.54) is 0 Å². The molecule has 12 heteroatoms. The third kappa shape index (κ3) is 5.85. The minimum absolute atomic E-state index is 0.0620. The zero-order valence-electron chi connectivity index (χ0n) is 20.0. The average Bonchev–Trinajstić information content (AvgIpc) is 2.76. The van der Waals surface area contributed by atoms with Crippen LogP contribution in [-0.4, -0.2) is 115 Å². The van der Waals surface area contributed by atoms with Gasteiger partial charge in [0.1, 0.15) is 30.0 Å². The van der Waals surface area contributed by atoms with Gasteiger partial charge in [0.2, 0.25) is 0 Å². The summed E-state index contributed by atoms with van der Waals surface area (Å²) in [7, 11) is 3.49. The van der Waals surface area contributed by atoms with Gasteiger partial charge in [0.05, 0.1) is 24.8 Å². The maximum atomic E-state index is 11.1. The standard InChI is InChI=1S/C21H43N5O7/c1-9(25-3)13-6-5-10(22)19(31-13)32-16-11(23)7-12(24)17(14(16)27)33-20-15(28)18(26-4)21(2,29)8-30-20/h9-20,25-29H,5-8,22-24H2,1-4H3/t9-,10-,11+,12-,13?,14+,15-,16-,17+,18-,19-,20-,21+/m1/s1. The lowest BCUT2D eigenvalue weighted by molar-refractivity contribution is -0.307. The third-order valence-electron chi connectivity index (χ3n) is 7.24. The Hall–Kier alpha value is -0.480. The molecule has 1 aliphatic carbocycles. The van der Waals surface area contributed by atoms with Crippen molar-refractivity contribution in [1.82, 2.24) is 10.6 Å². The van der Waals surface area contributed by atoms with Crippen LogP contribution in [0.4, 0.5) is 0 Å². The lowest BCUT2D eigenvalue weighted by Gasteiger charge is -2.48. The Morgan fingerprint density at radius 3 is 2.15 bits per heavy atom. The maximum Gasteiger partial charge on any atom is 0.185 e. The highest BCUT2D eigenvalue weighted by Gasteiger charge is 2.50. The molecule has 33 heavy (non-hydrogen) atoms. The topological polar surface area (TPSA) is 200 Å². The summed E-state index contributed by atoms with van der Waals surface area (Å²) in [6.07, 6.45) is -4.22. The van der Waals surface area contributed by atoms with Crippen LogP contribution in [0.25, 0.3) is 0 Å². The number of hydrogen-bond donors (Lipinski definition) is 8. The van der Waals surface area contributed by atoms with Crippen LogP contribution in [0.2, 0.25) is 0 Å². The zero-order valence-corrected chi connectivity index (χ0v) is 20.0. The van der Waals surface area contributed by atoms with E-state index in [4.69, 9.17) is 36.1 Å². The fraction of sp³-hybridized carbons (Fsp3) is 1.00. The van der Waals surface area contributed by atoms with Crippen LogP contribution in [0.5, 0.6) is 0 Å². The van der Waals surface area contributed by atoms with Crippen LogP contribution >= 0.6 is 0 Å². The van der Waals surface area contributed by atoms with Crippen molar-refractivity contribution in [3.05, 3.63) is 0 Å². The molecule has 0 amide bonds. The average molecular weight is 478 g/mol. The van der Waals surface area contributed by atoms with Gasteiger partial charge in [-0.2, -0.15) is 0 Å². The van der Waals surface area contributed by atoms with E-state index in [1.807, 2.05) is 14.0 Å². The second-order valence-electron chi connectivity index (χ2n) is 9.91. The molecule has 2 heterocycles. The first-order valence-corrected chi connectivity index (χ1v) is 11.8. The van der Waals surface area contributed by atoms with Gasteiger partial charge >= 0.3 is 0 Å². The zero-order chi connectivity index (χ0) is 24.5. The molecule has 2 saturated heterocycles. The Labute approximate surface area is 195 Å². The minimum Gasteiger partial charge on any atom is -0.388 e. The van der Waals surface area contributed by atoms with Crippen molar-refractivity contribution < 1.29 is 34.3 Å². The van der Waals surface area contributed by atoms with E-state index in [1.54, 1.807) is 14.0 Å². The number of aliphatic hydroxyl groups is 3. The molecule has 3 rings (SSSR count). The molecule has 0 bridgehead atoms. The number of nitrogens with one attached hydrogen (secondary N) is 2. The lowest BCUT2D eigenvalue weighted by Crippen LogP contribution is -2.68. The van der Waals surface area contributed by atoms with Gasteiger partial charge in [-0.05, 0) is 47.2 Å². The molecule has 0 aromatic heterocycles. The first-order chi connectivity index (χ1) is 15.5. The minimum atomic E-state index is -1.29.